The second kappa shape index (κ2) is 5.65. The predicted molar refractivity (Wildman–Crippen MR) is 93.6 cm³/mol. The number of pyridine rings is 1. The third-order valence-corrected chi connectivity index (χ3v) is 4.15. The molecule has 0 unspecified atom stereocenters. The van der Waals surface area contributed by atoms with Gasteiger partial charge in [-0.05, 0) is 18.2 Å². The molecule has 0 atom stereocenters. The fraction of sp³-hybridized carbons (Fsp3) is 0.118. The zero-order valence-corrected chi connectivity index (χ0v) is 13.6. The second-order valence-corrected chi connectivity index (χ2v) is 5.69. The van der Waals surface area contributed by atoms with Crippen LogP contribution in [0.3, 0.4) is 0 Å². The summed E-state index contributed by atoms with van der Waals surface area (Å²) in [5.74, 6) is 2.02. The van der Waals surface area contributed by atoms with Gasteiger partial charge in [0, 0.05) is 17.5 Å². The molecule has 0 radical (unpaired) electrons. The SMILES string of the molecule is COc1ccc(Cl)c(Nc2c(N)cnc3cc4c(cc23)OCO4)c1. The minimum atomic E-state index is 0.200. The number of aromatic nitrogens is 1. The van der Waals surface area contributed by atoms with Gasteiger partial charge in [0.2, 0.25) is 6.79 Å². The molecule has 1 aromatic heterocycles. The molecular weight excluding hydrogens is 330 g/mol. The molecule has 0 amide bonds. The smallest absolute Gasteiger partial charge is 0.231 e. The molecule has 6 nitrogen and oxygen atoms in total. The molecule has 1 aliphatic heterocycles. The molecule has 4 rings (SSSR count). The Balaban J connectivity index is 1.85. The lowest BCUT2D eigenvalue weighted by atomic mass is 10.1. The molecule has 0 spiro atoms. The summed E-state index contributed by atoms with van der Waals surface area (Å²) in [6.07, 6.45) is 1.60. The van der Waals surface area contributed by atoms with Crippen LogP contribution in [0.4, 0.5) is 17.1 Å². The van der Waals surface area contributed by atoms with Crippen LogP contribution in [0.1, 0.15) is 0 Å². The van der Waals surface area contributed by atoms with E-state index in [4.69, 9.17) is 31.5 Å². The zero-order chi connectivity index (χ0) is 16.7. The van der Waals surface area contributed by atoms with Crippen LogP contribution in [0.15, 0.2) is 36.5 Å². The summed E-state index contributed by atoms with van der Waals surface area (Å²) in [6.45, 7) is 0.200. The fourth-order valence-corrected chi connectivity index (χ4v) is 2.76. The van der Waals surface area contributed by atoms with Gasteiger partial charge in [-0.2, -0.15) is 0 Å². The van der Waals surface area contributed by atoms with Crippen LogP contribution in [0.25, 0.3) is 10.9 Å². The Hall–Kier alpha value is -2.86. The normalized spacial score (nSPS) is 12.4. The number of benzene rings is 2. The zero-order valence-electron chi connectivity index (χ0n) is 12.8. The molecule has 7 heteroatoms. The van der Waals surface area contributed by atoms with Gasteiger partial charge in [-0.1, -0.05) is 11.6 Å². The molecular formula is C17H14ClN3O3. The van der Waals surface area contributed by atoms with Crippen LogP contribution >= 0.6 is 11.6 Å². The van der Waals surface area contributed by atoms with E-state index in [1.54, 1.807) is 31.5 Å². The summed E-state index contributed by atoms with van der Waals surface area (Å²) >= 11 is 6.28. The lowest BCUT2D eigenvalue weighted by Gasteiger charge is -2.14. The summed E-state index contributed by atoms with van der Waals surface area (Å²) in [4.78, 5) is 4.36. The molecule has 2 heterocycles. The molecule has 1 aliphatic rings. The van der Waals surface area contributed by atoms with Crippen molar-refractivity contribution < 1.29 is 14.2 Å². The van der Waals surface area contributed by atoms with Crippen LogP contribution in [0, 0.1) is 0 Å². The van der Waals surface area contributed by atoms with Crippen molar-refractivity contribution in [2.24, 2.45) is 0 Å². The van der Waals surface area contributed by atoms with Crippen molar-refractivity contribution in [2.45, 2.75) is 0 Å². The van der Waals surface area contributed by atoms with Crippen molar-refractivity contribution in [3.05, 3.63) is 41.6 Å². The number of hydrogen-bond donors (Lipinski definition) is 2. The second-order valence-electron chi connectivity index (χ2n) is 5.28. The van der Waals surface area contributed by atoms with Crippen molar-refractivity contribution in [1.29, 1.82) is 0 Å². The molecule has 2 aromatic carbocycles. The van der Waals surface area contributed by atoms with E-state index in [9.17, 15) is 0 Å². The van der Waals surface area contributed by atoms with E-state index in [-0.39, 0.29) is 6.79 Å². The molecule has 3 N–H and O–H groups in total. The maximum atomic E-state index is 6.28. The molecule has 0 fully saturated rings. The Bertz CT molecular complexity index is 946. The van der Waals surface area contributed by atoms with Gasteiger partial charge in [0.1, 0.15) is 5.75 Å². The maximum Gasteiger partial charge on any atom is 0.231 e. The average molecular weight is 344 g/mol. The van der Waals surface area contributed by atoms with E-state index in [0.29, 0.717) is 39.3 Å². The van der Waals surface area contributed by atoms with Crippen LogP contribution < -0.4 is 25.3 Å². The number of ether oxygens (including phenoxy) is 3. The number of hydrogen-bond acceptors (Lipinski definition) is 6. The number of fused-ring (bicyclic) bond motifs is 2. The molecule has 0 saturated heterocycles. The van der Waals surface area contributed by atoms with Crippen molar-refractivity contribution in [1.82, 2.24) is 4.98 Å². The fourth-order valence-electron chi connectivity index (χ4n) is 2.60. The van der Waals surface area contributed by atoms with Crippen molar-refractivity contribution >= 4 is 39.6 Å². The molecule has 3 aromatic rings. The van der Waals surface area contributed by atoms with E-state index in [1.807, 2.05) is 12.1 Å². The summed E-state index contributed by atoms with van der Waals surface area (Å²) in [5, 5.41) is 4.65. The highest BCUT2D eigenvalue weighted by Gasteiger charge is 2.18. The highest BCUT2D eigenvalue weighted by atomic mass is 35.5. The van der Waals surface area contributed by atoms with E-state index in [2.05, 4.69) is 10.3 Å². The maximum absolute atomic E-state index is 6.28. The van der Waals surface area contributed by atoms with Gasteiger partial charge in [-0.15, -0.1) is 0 Å². The van der Waals surface area contributed by atoms with Gasteiger partial charge < -0.3 is 25.3 Å². The van der Waals surface area contributed by atoms with Gasteiger partial charge in [-0.25, -0.2) is 0 Å². The number of nitrogens with zero attached hydrogens (tertiary/aromatic N) is 1. The van der Waals surface area contributed by atoms with E-state index >= 15 is 0 Å². The predicted octanol–water partition coefficient (Wildman–Crippen LogP) is 3.95. The Morgan fingerprint density at radius 2 is 2.00 bits per heavy atom. The van der Waals surface area contributed by atoms with Gasteiger partial charge in [0.25, 0.3) is 0 Å². The third kappa shape index (κ3) is 2.41. The third-order valence-electron chi connectivity index (χ3n) is 3.82. The van der Waals surface area contributed by atoms with Crippen molar-refractivity contribution in [3.8, 4) is 17.2 Å². The quantitative estimate of drug-likeness (QED) is 0.749. The first-order valence-corrected chi connectivity index (χ1v) is 7.62. The van der Waals surface area contributed by atoms with E-state index < -0.39 is 0 Å². The number of methoxy groups -OCH3 is 1. The Morgan fingerprint density at radius 1 is 1.21 bits per heavy atom. The van der Waals surface area contributed by atoms with Crippen LogP contribution in [0.5, 0.6) is 17.2 Å². The molecule has 0 bridgehead atoms. The topological polar surface area (TPSA) is 78.6 Å². The number of nitrogens with two attached hydrogens (primary N) is 1. The standard InChI is InChI=1S/C17H14ClN3O3/c1-22-9-2-3-11(18)14(4-9)21-17-10-5-15-16(24-8-23-15)6-13(10)20-7-12(17)19/h2-7H,8,19H2,1H3,(H,20,21). The van der Waals surface area contributed by atoms with E-state index in [1.165, 1.54) is 0 Å². The number of rotatable bonds is 3. The Labute approximate surface area is 143 Å². The number of anilines is 3. The minimum Gasteiger partial charge on any atom is -0.497 e. The highest BCUT2D eigenvalue weighted by molar-refractivity contribution is 6.33. The van der Waals surface area contributed by atoms with Gasteiger partial charge in [0.15, 0.2) is 11.5 Å². The monoisotopic (exact) mass is 343 g/mol. The first kappa shape index (κ1) is 14.7. The van der Waals surface area contributed by atoms with Crippen molar-refractivity contribution in [2.75, 3.05) is 25.0 Å². The molecule has 0 saturated carbocycles. The summed E-state index contributed by atoms with van der Waals surface area (Å²) < 4.78 is 16.1. The molecule has 24 heavy (non-hydrogen) atoms. The van der Waals surface area contributed by atoms with Gasteiger partial charge in [-0.3, -0.25) is 4.98 Å². The molecule has 0 aliphatic carbocycles. The summed E-state index contributed by atoms with van der Waals surface area (Å²) in [7, 11) is 1.60. The van der Waals surface area contributed by atoms with Gasteiger partial charge >= 0.3 is 0 Å². The lowest BCUT2D eigenvalue weighted by Crippen LogP contribution is -2.00. The number of halogens is 1. The lowest BCUT2D eigenvalue weighted by molar-refractivity contribution is 0.174. The Kier molecular flexibility index (Phi) is 3.46. The minimum absolute atomic E-state index is 0.200. The summed E-state index contributed by atoms with van der Waals surface area (Å²) in [5.41, 5.74) is 8.76. The van der Waals surface area contributed by atoms with Gasteiger partial charge in [0.05, 0.1) is 40.9 Å². The van der Waals surface area contributed by atoms with Crippen LogP contribution in [-0.2, 0) is 0 Å². The Morgan fingerprint density at radius 3 is 2.79 bits per heavy atom. The number of nitrogens with one attached hydrogen (secondary N) is 1. The largest absolute Gasteiger partial charge is 0.497 e. The summed E-state index contributed by atoms with van der Waals surface area (Å²) in [6, 6.07) is 9.05. The highest BCUT2D eigenvalue weighted by Crippen LogP contribution is 2.41. The average Bonchev–Trinajstić information content (AvgIpc) is 3.05. The first-order chi connectivity index (χ1) is 11.7. The van der Waals surface area contributed by atoms with Crippen LogP contribution in [0.2, 0.25) is 5.02 Å². The number of nitrogen functional groups attached to an aromatic ring is 1. The molecule has 122 valence electrons. The van der Waals surface area contributed by atoms with Crippen LogP contribution in [-0.4, -0.2) is 18.9 Å². The first-order valence-electron chi connectivity index (χ1n) is 7.24. The van der Waals surface area contributed by atoms with E-state index in [0.717, 1.165) is 10.9 Å². The van der Waals surface area contributed by atoms with Crippen molar-refractivity contribution in [3.63, 3.8) is 0 Å².